The molecule has 1 aromatic carbocycles. The summed E-state index contributed by atoms with van der Waals surface area (Å²) in [6.45, 7) is 2.15. The summed E-state index contributed by atoms with van der Waals surface area (Å²) in [5, 5.41) is 3.62. The van der Waals surface area contributed by atoms with Crippen LogP contribution in [-0.2, 0) is 6.54 Å². The first-order valence-corrected chi connectivity index (χ1v) is 7.73. The summed E-state index contributed by atoms with van der Waals surface area (Å²) >= 11 is 0. The Kier molecular flexibility index (Phi) is 8.01. The maximum absolute atomic E-state index is 3.62. The van der Waals surface area contributed by atoms with Crippen LogP contribution in [0.25, 0.3) is 0 Å². The predicted octanol–water partition coefficient (Wildman–Crippen LogP) is 4.23. The van der Waals surface area contributed by atoms with Crippen molar-refractivity contribution in [3.8, 4) is 0 Å². The van der Waals surface area contributed by atoms with Gasteiger partial charge in [-0.2, -0.15) is 0 Å². The summed E-state index contributed by atoms with van der Waals surface area (Å²) in [5.41, 5.74) is 2.73. The van der Waals surface area contributed by atoms with Crippen molar-refractivity contribution in [3.63, 3.8) is 0 Å². The van der Waals surface area contributed by atoms with Crippen molar-refractivity contribution in [2.24, 2.45) is 5.92 Å². The Labute approximate surface area is 130 Å². The van der Waals surface area contributed by atoms with Crippen molar-refractivity contribution in [3.05, 3.63) is 29.8 Å². The number of hydrogen-bond donors (Lipinski definition) is 1. The molecule has 0 saturated heterocycles. The third-order valence-electron chi connectivity index (χ3n) is 4.24. The fourth-order valence-corrected chi connectivity index (χ4v) is 3.10. The number of halogens is 1. The molecule has 1 aliphatic carbocycles. The molecule has 0 amide bonds. The fraction of sp³-hybridized carbons (Fsp3) is 0.647. The number of anilines is 1. The minimum Gasteiger partial charge on any atom is -0.377 e. The van der Waals surface area contributed by atoms with Crippen LogP contribution in [0.5, 0.6) is 0 Å². The third kappa shape index (κ3) is 5.34. The van der Waals surface area contributed by atoms with Gasteiger partial charge in [0.2, 0.25) is 0 Å². The molecule has 114 valence electrons. The number of para-hydroxylation sites is 1. The third-order valence-corrected chi connectivity index (χ3v) is 4.24. The minimum absolute atomic E-state index is 0. The van der Waals surface area contributed by atoms with E-state index in [1.54, 1.807) is 0 Å². The van der Waals surface area contributed by atoms with Gasteiger partial charge in [-0.3, -0.25) is 0 Å². The average Bonchev–Trinajstić information content (AvgIpc) is 2.45. The van der Waals surface area contributed by atoms with E-state index < -0.39 is 0 Å². The maximum atomic E-state index is 3.62. The van der Waals surface area contributed by atoms with Gasteiger partial charge >= 0.3 is 0 Å². The Balaban J connectivity index is 0.00000200. The molecular weight excluding hydrogens is 268 g/mol. The Morgan fingerprint density at radius 2 is 1.80 bits per heavy atom. The molecule has 0 bridgehead atoms. The second-order valence-corrected chi connectivity index (χ2v) is 5.99. The summed E-state index contributed by atoms with van der Waals surface area (Å²) in [5.74, 6) is 0.977. The number of nitrogens with one attached hydrogen (secondary N) is 1. The smallest absolute Gasteiger partial charge is 0.0406 e. The van der Waals surface area contributed by atoms with E-state index in [2.05, 4.69) is 48.6 Å². The highest BCUT2D eigenvalue weighted by Crippen LogP contribution is 2.25. The molecule has 1 aromatic rings. The van der Waals surface area contributed by atoms with E-state index in [0.29, 0.717) is 0 Å². The molecule has 1 saturated carbocycles. The lowest BCUT2D eigenvalue weighted by Crippen LogP contribution is -2.21. The van der Waals surface area contributed by atoms with Gasteiger partial charge in [-0.25, -0.2) is 0 Å². The molecule has 2 nitrogen and oxygen atoms in total. The number of benzene rings is 1. The van der Waals surface area contributed by atoms with E-state index in [0.717, 1.165) is 19.0 Å². The topological polar surface area (TPSA) is 15.3 Å². The largest absolute Gasteiger partial charge is 0.377 e. The molecule has 1 aliphatic rings. The van der Waals surface area contributed by atoms with Gasteiger partial charge in [-0.05, 0) is 30.5 Å². The van der Waals surface area contributed by atoms with Crippen molar-refractivity contribution in [1.82, 2.24) is 5.32 Å². The summed E-state index contributed by atoms with van der Waals surface area (Å²) in [4.78, 5) is 2.19. The molecule has 0 spiro atoms. The average molecular weight is 297 g/mol. The van der Waals surface area contributed by atoms with Crippen LogP contribution in [0.15, 0.2) is 24.3 Å². The molecule has 0 heterocycles. The number of hydrogen-bond acceptors (Lipinski definition) is 2. The van der Waals surface area contributed by atoms with Gasteiger partial charge in [0.25, 0.3) is 0 Å². The Bertz CT molecular complexity index is 373. The summed E-state index contributed by atoms with van der Waals surface area (Å²) in [7, 11) is 4.22. The monoisotopic (exact) mass is 296 g/mol. The molecular formula is C17H29ClN2. The van der Waals surface area contributed by atoms with Crippen molar-refractivity contribution in [1.29, 1.82) is 0 Å². The minimum atomic E-state index is 0. The quantitative estimate of drug-likeness (QED) is 0.790. The van der Waals surface area contributed by atoms with Crippen LogP contribution in [0.4, 0.5) is 5.69 Å². The van der Waals surface area contributed by atoms with Gasteiger partial charge in [-0.1, -0.05) is 50.3 Å². The first kappa shape index (κ1) is 17.3. The lowest BCUT2D eigenvalue weighted by atomic mass is 9.87. The lowest BCUT2D eigenvalue weighted by Gasteiger charge is -2.22. The van der Waals surface area contributed by atoms with E-state index in [1.807, 2.05) is 0 Å². The highest BCUT2D eigenvalue weighted by atomic mass is 35.5. The first-order chi connectivity index (χ1) is 9.27. The number of nitrogens with zero attached hydrogens (tertiary/aromatic N) is 1. The van der Waals surface area contributed by atoms with Crippen molar-refractivity contribution < 1.29 is 0 Å². The molecule has 0 unspecified atom stereocenters. The molecule has 1 N–H and O–H groups in total. The normalized spacial score (nSPS) is 15.7. The molecule has 3 heteroatoms. The second kappa shape index (κ2) is 9.25. The maximum Gasteiger partial charge on any atom is 0.0406 e. The molecule has 0 atom stereocenters. The zero-order valence-corrected chi connectivity index (χ0v) is 13.7. The van der Waals surface area contributed by atoms with Gasteiger partial charge in [0.1, 0.15) is 0 Å². The Morgan fingerprint density at radius 3 is 2.50 bits per heavy atom. The zero-order valence-electron chi connectivity index (χ0n) is 12.9. The van der Waals surface area contributed by atoms with Crippen LogP contribution in [-0.4, -0.2) is 20.6 Å². The van der Waals surface area contributed by atoms with Gasteiger partial charge in [0, 0.05) is 26.3 Å². The standard InChI is InChI=1S/C17H28N2.ClH/c1-19(2)17-11-7-6-10-16(17)14-18-13-12-15-8-4-3-5-9-15;/h6-7,10-11,15,18H,3-5,8-9,12-14H2,1-2H3;1H. The molecule has 0 aliphatic heterocycles. The van der Waals surface area contributed by atoms with E-state index in [4.69, 9.17) is 0 Å². The van der Waals surface area contributed by atoms with Crippen molar-refractivity contribution in [2.75, 3.05) is 25.5 Å². The summed E-state index contributed by atoms with van der Waals surface area (Å²) in [6, 6.07) is 8.66. The van der Waals surface area contributed by atoms with Crippen LogP contribution in [0.2, 0.25) is 0 Å². The molecule has 0 aromatic heterocycles. The lowest BCUT2D eigenvalue weighted by molar-refractivity contribution is 0.334. The summed E-state index contributed by atoms with van der Waals surface area (Å²) < 4.78 is 0. The second-order valence-electron chi connectivity index (χ2n) is 5.99. The molecule has 0 radical (unpaired) electrons. The highest BCUT2D eigenvalue weighted by molar-refractivity contribution is 5.85. The SMILES string of the molecule is CN(C)c1ccccc1CNCCC1CCCCC1.Cl. The van der Waals surface area contributed by atoms with Crippen LogP contribution >= 0.6 is 12.4 Å². The van der Waals surface area contributed by atoms with Gasteiger partial charge in [0.15, 0.2) is 0 Å². The van der Waals surface area contributed by atoms with Crippen LogP contribution in [0, 0.1) is 5.92 Å². The van der Waals surface area contributed by atoms with E-state index in [9.17, 15) is 0 Å². The van der Waals surface area contributed by atoms with E-state index >= 15 is 0 Å². The van der Waals surface area contributed by atoms with E-state index in [1.165, 1.54) is 49.8 Å². The molecule has 20 heavy (non-hydrogen) atoms. The van der Waals surface area contributed by atoms with Gasteiger partial charge < -0.3 is 10.2 Å². The highest BCUT2D eigenvalue weighted by Gasteiger charge is 2.12. The van der Waals surface area contributed by atoms with Gasteiger partial charge in [0.05, 0.1) is 0 Å². The Morgan fingerprint density at radius 1 is 1.10 bits per heavy atom. The van der Waals surface area contributed by atoms with Crippen molar-refractivity contribution in [2.45, 2.75) is 45.1 Å². The van der Waals surface area contributed by atoms with Gasteiger partial charge in [-0.15, -0.1) is 12.4 Å². The number of rotatable bonds is 6. The fourth-order valence-electron chi connectivity index (χ4n) is 3.10. The van der Waals surface area contributed by atoms with Crippen molar-refractivity contribution >= 4 is 18.1 Å². The molecule has 1 fully saturated rings. The van der Waals surface area contributed by atoms with Crippen LogP contribution in [0.1, 0.15) is 44.1 Å². The first-order valence-electron chi connectivity index (χ1n) is 7.73. The zero-order chi connectivity index (χ0) is 13.5. The van der Waals surface area contributed by atoms with Crippen LogP contribution < -0.4 is 10.2 Å². The Hall–Kier alpha value is -0.730. The summed E-state index contributed by atoms with van der Waals surface area (Å²) in [6.07, 6.45) is 8.62. The van der Waals surface area contributed by atoms with Crippen LogP contribution in [0.3, 0.4) is 0 Å². The molecule has 2 rings (SSSR count). The predicted molar refractivity (Wildman–Crippen MR) is 90.9 cm³/mol. The van der Waals surface area contributed by atoms with E-state index in [-0.39, 0.29) is 12.4 Å².